The molecule has 0 bridgehead atoms. The van der Waals surface area contributed by atoms with Gasteiger partial charge in [-0.2, -0.15) is 0 Å². The average Bonchev–Trinajstić information content (AvgIpc) is 2.34. The summed E-state index contributed by atoms with van der Waals surface area (Å²) in [7, 11) is 1.61. The fourth-order valence-electron chi connectivity index (χ4n) is 1.66. The molecule has 0 saturated heterocycles. The Balaban J connectivity index is 2.30. The minimum atomic E-state index is -0.305. The van der Waals surface area contributed by atoms with Gasteiger partial charge in [-0.1, -0.05) is 12.1 Å². The summed E-state index contributed by atoms with van der Waals surface area (Å²) in [5.74, 6) is 0.753. The van der Waals surface area contributed by atoms with Crippen molar-refractivity contribution in [3.63, 3.8) is 0 Å². The molecule has 1 amide bonds. The van der Waals surface area contributed by atoms with Crippen molar-refractivity contribution in [3.8, 4) is 5.75 Å². The third kappa shape index (κ3) is 5.68. The summed E-state index contributed by atoms with van der Waals surface area (Å²) in [6.45, 7) is 2.35. The van der Waals surface area contributed by atoms with E-state index >= 15 is 0 Å². The minimum Gasteiger partial charge on any atom is -0.497 e. The highest BCUT2D eigenvalue weighted by atomic mass is 16.5. The number of carbonyl (C=O) groups excluding carboxylic acids is 1. The number of aliphatic hydroxyl groups is 1. The van der Waals surface area contributed by atoms with E-state index in [9.17, 15) is 4.79 Å². The van der Waals surface area contributed by atoms with E-state index in [2.05, 4.69) is 5.32 Å². The van der Waals surface area contributed by atoms with Crippen molar-refractivity contribution in [1.82, 2.24) is 5.32 Å². The molecular formula is C14H21NO3. The van der Waals surface area contributed by atoms with Gasteiger partial charge in [0.15, 0.2) is 0 Å². The summed E-state index contributed by atoms with van der Waals surface area (Å²) in [5.41, 5.74) is 0.933. The van der Waals surface area contributed by atoms with Crippen molar-refractivity contribution < 1.29 is 14.6 Å². The third-order valence-electron chi connectivity index (χ3n) is 2.62. The first-order chi connectivity index (χ1) is 8.61. The zero-order valence-corrected chi connectivity index (χ0v) is 11.0. The largest absolute Gasteiger partial charge is 0.497 e. The van der Waals surface area contributed by atoms with Crippen LogP contribution in [0.25, 0.3) is 0 Å². The number of rotatable bonds is 7. The summed E-state index contributed by atoms with van der Waals surface area (Å²) in [5, 5.41) is 11.9. The molecule has 0 spiro atoms. The normalized spacial score (nSPS) is 11.9. The Bertz CT molecular complexity index is 377. The van der Waals surface area contributed by atoms with Crippen molar-refractivity contribution in [1.29, 1.82) is 0 Å². The second-order valence-corrected chi connectivity index (χ2v) is 4.37. The van der Waals surface area contributed by atoms with Crippen molar-refractivity contribution in [2.45, 2.75) is 32.3 Å². The lowest BCUT2D eigenvalue weighted by molar-refractivity contribution is -0.120. The molecule has 1 unspecified atom stereocenters. The molecule has 18 heavy (non-hydrogen) atoms. The minimum absolute atomic E-state index is 0.00570. The highest BCUT2D eigenvalue weighted by molar-refractivity contribution is 5.78. The molecule has 1 aromatic rings. The van der Waals surface area contributed by atoms with Gasteiger partial charge in [0.05, 0.1) is 19.6 Å². The number of ether oxygens (including phenoxy) is 1. The molecule has 4 heteroatoms. The highest BCUT2D eigenvalue weighted by Crippen LogP contribution is 2.12. The lowest BCUT2D eigenvalue weighted by Crippen LogP contribution is -2.26. The maximum atomic E-state index is 11.6. The van der Waals surface area contributed by atoms with E-state index in [0.717, 1.165) is 17.7 Å². The Hall–Kier alpha value is -1.55. The summed E-state index contributed by atoms with van der Waals surface area (Å²) in [6.07, 6.45) is 1.55. The Labute approximate surface area is 108 Å². The number of carbonyl (C=O) groups is 1. The van der Waals surface area contributed by atoms with E-state index in [4.69, 9.17) is 9.84 Å². The molecule has 0 saturated carbocycles. The number of methoxy groups -OCH3 is 1. The standard InChI is InChI=1S/C14H21NO3/c1-11(16)5-4-8-15-14(17)10-12-6-3-7-13(9-12)18-2/h3,6-7,9,11,16H,4-5,8,10H2,1-2H3,(H,15,17). The van der Waals surface area contributed by atoms with Crippen LogP contribution in [0, 0.1) is 0 Å². The first-order valence-corrected chi connectivity index (χ1v) is 6.19. The Morgan fingerprint density at radius 3 is 2.94 bits per heavy atom. The van der Waals surface area contributed by atoms with Crippen LogP contribution in [-0.4, -0.2) is 30.8 Å². The third-order valence-corrected chi connectivity index (χ3v) is 2.62. The highest BCUT2D eigenvalue weighted by Gasteiger charge is 2.04. The van der Waals surface area contributed by atoms with Crippen molar-refractivity contribution in [2.24, 2.45) is 0 Å². The molecule has 0 aliphatic carbocycles. The molecule has 0 aromatic heterocycles. The summed E-state index contributed by atoms with van der Waals surface area (Å²) in [4.78, 5) is 11.6. The maximum Gasteiger partial charge on any atom is 0.224 e. The number of hydrogen-bond acceptors (Lipinski definition) is 3. The maximum absolute atomic E-state index is 11.6. The van der Waals surface area contributed by atoms with Crippen LogP contribution in [0.15, 0.2) is 24.3 Å². The van der Waals surface area contributed by atoms with Crippen LogP contribution in [0.2, 0.25) is 0 Å². The van der Waals surface area contributed by atoms with E-state index in [1.165, 1.54) is 0 Å². The molecule has 0 fully saturated rings. The zero-order chi connectivity index (χ0) is 13.4. The molecule has 1 aromatic carbocycles. The number of amides is 1. The number of aliphatic hydroxyl groups excluding tert-OH is 1. The van der Waals surface area contributed by atoms with Gasteiger partial charge in [-0.3, -0.25) is 4.79 Å². The number of nitrogens with one attached hydrogen (secondary N) is 1. The van der Waals surface area contributed by atoms with E-state index in [-0.39, 0.29) is 12.0 Å². The van der Waals surface area contributed by atoms with Crippen LogP contribution in [-0.2, 0) is 11.2 Å². The van der Waals surface area contributed by atoms with Gasteiger partial charge < -0.3 is 15.2 Å². The topological polar surface area (TPSA) is 58.6 Å². The second kappa shape index (κ2) is 7.71. The van der Waals surface area contributed by atoms with Crippen LogP contribution in [0.4, 0.5) is 0 Å². The Kier molecular flexibility index (Phi) is 6.22. The smallest absolute Gasteiger partial charge is 0.224 e. The van der Waals surface area contributed by atoms with E-state index < -0.39 is 0 Å². The molecule has 0 heterocycles. The van der Waals surface area contributed by atoms with Gasteiger partial charge in [0.25, 0.3) is 0 Å². The quantitative estimate of drug-likeness (QED) is 0.722. The molecule has 0 radical (unpaired) electrons. The lowest BCUT2D eigenvalue weighted by atomic mass is 10.1. The predicted molar refractivity (Wildman–Crippen MR) is 70.6 cm³/mol. The van der Waals surface area contributed by atoms with Crippen molar-refractivity contribution >= 4 is 5.91 Å². The zero-order valence-electron chi connectivity index (χ0n) is 11.0. The number of hydrogen-bond donors (Lipinski definition) is 2. The molecule has 1 rings (SSSR count). The van der Waals surface area contributed by atoms with Crippen LogP contribution in [0.5, 0.6) is 5.75 Å². The molecule has 2 N–H and O–H groups in total. The van der Waals surface area contributed by atoms with Crippen LogP contribution >= 0.6 is 0 Å². The summed E-state index contributed by atoms with van der Waals surface area (Å²) < 4.78 is 5.10. The Morgan fingerprint density at radius 1 is 1.50 bits per heavy atom. The molecule has 0 aliphatic rings. The van der Waals surface area contributed by atoms with Gasteiger partial charge in [0.2, 0.25) is 5.91 Å². The molecule has 1 atom stereocenters. The van der Waals surface area contributed by atoms with E-state index in [0.29, 0.717) is 19.4 Å². The lowest BCUT2D eigenvalue weighted by Gasteiger charge is -2.07. The van der Waals surface area contributed by atoms with Gasteiger partial charge >= 0.3 is 0 Å². The summed E-state index contributed by atoms with van der Waals surface area (Å²) >= 11 is 0. The first-order valence-electron chi connectivity index (χ1n) is 6.19. The van der Waals surface area contributed by atoms with Crippen molar-refractivity contribution in [2.75, 3.05) is 13.7 Å². The van der Waals surface area contributed by atoms with E-state index in [1.54, 1.807) is 14.0 Å². The number of benzene rings is 1. The van der Waals surface area contributed by atoms with Crippen LogP contribution in [0.3, 0.4) is 0 Å². The van der Waals surface area contributed by atoms with Crippen LogP contribution in [0.1, 0.15) is 25.3 Å². The fourth-order valence-corrected chi connectivity index (χ4v) is 1.66. The van der Waals surface area contributed by atoms with Crippen molar-refractivity contribution in [3.05, 3.63) is 29.8 Å². The molecule has 0 aliphatic heterocycles. The van der Waals surface area contributed by atoms with E-state index in [1.807, 2.05) is 24.3 Å². The summed E-state index contributed by atoms with van der Waals surface area (Å²) in [6, 6.07) is 7.48. The first kappa shape index (κ1) is 14.5. The fraction of sp³-hybridized carbons (Fsp3) is 0.500. The second-order valence-electron chi connectivity index (χ2n) is 4.37. The van der Waals surface area contributed by atoms with Gasteiger partial charge in [0, 0.05) is 6.54 Å². The van der Waals surface area contributed by atoms with Gasteiger partial charge in [-0.15, -0.1) is 0 Å². The predicted octanol–water partition coefficient (Wildman–Crippen LogP) is 1.51. The monoisotopic (exact) mass is 251 g/mol. The van der Waals surface area contributed by atoms with Gasteiger partial charge in [0.1, 0.15) is 5.75 Å². The van der Waals surface area contributed by atoms with Crippen LogP contribution < -0.4 is 10.1 Å². The van der Waals surface area contributed by atoms with Gasteiger partial charge in [-0.05, 0) is 37.5 Å². The molecule has 100 valence electrons. The molecular weight excluding hydrogens is 230 g/mol. The average molecular weight is 251 g/mol. The SMILES string of the molecule is COc1cccc(CC(=O)NCCCC(C)O)c1. The van der Waals surface area contributed by atoms with Gasteiger partial charge in [-0.25, -0.2) is 0 Å². The molecule has 4 nitrogen and oxygen atoms in total. The Morgan fingerprint density at radius 2 is 2.28 bits per heavy atom.